The van der Waals surface area contributed by atoms with Crippen LogP contribution in [0.2, 0.25) is 30.1 Å². The highest BCUT2D eigenvalue weighted by molar-refractivity contribution is 6.42. The number of aliphatic hydroxyl groups excluding tert-OH is 1. The van der Waals surface area contributed by atoms with E-state index in [2.05, 4.69) is 4.98 Å². The molecule has 0 aliphatic carbocycles. The van der Waals surface area contributed by atoms with Crippen LogP contribution in [0.25, 0.3) is 22.4 Å². The van der Waals surface area contributed by atoms with Gasteiger partial charge >= 0.3 is 0 Å². The molecule has 0 amide bonds. The third-order valence-electron chi connectivity index (χ3n) is 3.68. The Morgan fingerprint density at radius 3 is 1.62 bits per heavy atom. The summed E-state index contributed by atoms with van der Waals surface area (Å²) in [5.74, 6) is 0. The lowest BCUT2D eigenvalue weighted by atomic mass is 10.0. The molecule has 8 heteroatoms. The standard InChI is InChI=1S/C18H9Cl6NO/c19-10-2-12(21)16(13(22)3-10)8-1-9(7-26)18(25-6-8)17-14(23)4-11(20)5-15(17)24/h1-6,26H,7H2. The molecule has 0 atom stereocenters. The largest absolute Gasteiger partial charge is 0.392 e. The molecule has 3 aromatic rings. The number of nitrogens with zero attached hydrogens (tertiary/aromatic N) is 1. The van der Waals surface area contributed by atoms with Crippen molar-refractivity contribution in [1.29, 1.82) is 0 Å². The molecule has 0 saturated heterocycles. The summed E-state index contributed by atoms with van der Waals surface area (Å²) < 4.78 is 0. The topological polar surface area (TPSA) is 33.1 Å². The van der Waals surface area contributed by atoms with Gasteiger partial charge in [0.15, 0.2) is 0 Å². The Bertz CT molecular complexity index is 959. The maximum Gasteiger partial charge on any atom is 0.0787 e. The zero-order valence-electron chi connectivity index (χ0n) is 12.8. The molecule has 0 saturated carbocycles. The smallest absolute Gasteiger partial charge is 0.0787 e. The molecule has 0 spiro atoms. The molecule has 2 aromatic carbocycles. The van der Waals surface area contributed by atoms with E-state index in [1.54, 1.807) is 36.5 Å². The van der Waals surface area contributed by atoms with Gasteiger partial charge in [-0.05, 0) is 30.3 Å². The normalized spacial score (nSPS) is 11.0. The van der Waals surface area contributed by atoms with E-state index in [0.29, 0.717) is 58.1 Å². The average molecular weight is 468 g/mol. The van der Waals surface area contributed by atoms with Crippen molar-refractivity contribution < 1.29 is 5.11 Å². The Kier molecular flexibility index (Phi) is 6.25. The van der Waals surface area contributed by atoms with Crippen molar-refractivity contribution in [3.05, 3.63) is 72.2 Å². The first-order chi connectivity index (χ1) is 12.3. The van der Waals surface area contributed by atoms with E-state index in [1.165, 1.54) is 0 Å². The molecule has 3 rings (SSSR count). The molecule has 0 aliphatic heterocycles. The predicted octanol–water partition coefficient (Wildman–Crippen LogP) is 7.83. The molecule has 0 radical (unpaired) electrons. The molecule has 26 heavy (non-hydrogen) atoms. The first kappa shape index (κ1) is 20.0. The lowest BCUT2D eigenvalue weighted by Gasteiger charge is -2.14. The molecular formula is C18H9Cl6NO. The summed E-state index contributed by atoms with van der Waals surface area (Å²) in [4.78, 5) is 4.43. The van der Waals surface area contributed by atoms with Crippen molar-refractivity contribution >= 4 is 69.6 Å². The number of halogens is 6. The zero-order chi connectivity index (χ0) is 19.0. The number of aliphatic hydroxyl groups is 1. The fourth-order valence-corrected chi connectivity index (χ4v) is 4.61. The van der Waals surface area contributed by atoms with E-state index in [1.807, 2.05) is 0 Å². The molecular weight excluding hydrogens is 459 g/mol. The lowest BCUT2D eigenvalue weighted by molar-refractivity contribution is 0.282. The van der Waals surface area contributed by atoms with Gasteiger partial charge in [-0.3, -0.25) is 4.98 Å². The van der Waals surface area contributed by atoms with Crippen LogP contribution in [0.15, 0.2) is 36.5 Å². The number of hydrogen-bond donors (Lipinski definition) is 1. The van der Waals surface area contributed by atoms with E-state index in [4.69, 9.17) is 69.6 Å². The van der Waals surface area contributed by atoms with Gasteiger partial charge < -0.3 is 5.11 Å². The number of benzene rings is 2. The Hall–Kier alpha value is -0.710. The van der Waals surface area contributed by atoms with Crippen LogP contribution in [0.5, 0.6) is 0 Å². The second kappa shape index (κ2) is 8.12. The van der Waals surface area contributed by atoms with Crippen LogP contribution in [0, 0.1) is 0 Å². The van der Waals surface area contributed by atoms with Crippen molar-refractivity contribution in [2.24, 2.45) is 0 Å². The second-order valence-electron chi connectivity index (χ2n) is 5.38. The monoisotopic (exact) mass is 465 g/mol. The average Bonchev–Trinajstić information content (AvgIpc) is 2.53. The quantitative estimate of drug-likeness (QED) is 0.425. The lowest BCUT2D eigenvalue weighted by Crippen LogP contribution is -1.97. The van der Waals surface area contributed by atoms with Gasteiger partial charge in [0.05, 0.1) is 32.4 Å². The highest BCUT2D eigenvalue weighted by atomic mass is 35.5. The summed E-state index contributed by atoms with van der Waals surface area (Å²) in [5, 5.41) is 12.1. The maximum atomic E-state index is 9.83. The summed E-state index contributed by atoms with van der Waals surface area (Å²) in [5.41, 5.74) is 2.65. The molecule has 134 valence electrons. The summed E-state index contributed by atoms with van der Waals surface area (Å²) in [6, 6.07) is 8.03. The van der Waals surface area contributed by atoms with Crippen LogP contribution in [-0.4, -0.2) is 10.1 Å². The van der Waals surface area contributed by atoms with Gasteiger partial charge in [-0.15, -0.1) is 0 Å². The Morgan fingerprint density at radius 1 is 0.692 bits per heavy atom. The number of rotatable bonds is 3. The molecule has 0 aliphatic rings. The molecule has 0 unspecified atom stereocenters. The first-order valence-corrected chi connectivity index (χ1v) is 9.48. The summed E-state index contributed by atoms with van der Waals surface area (Å²) in [7, 11) is 0. The van der Waals surface area contributed by atoms with Gasteiger partial charge in [-0.2, -0.15) is 0 Å². The van der Waals surface area contributed by atoms with E-state index >= 15 is 0 Å². The summed E-state index contributed by atoms with van der Waals surface area (Å²) >= 11 is 37.0. The third-order valence-corrected chi connectivity index (χ3v) is 5.31. The molecule has 0 bridgehead atoms. The van der Waals surface area contributed by atoms with Crippen molar-refractivity contribution in [3.8, 4) is 22.4 Å². The van der Waals surface area contributed by atoms with E-state index in [9.17, 15) is 5.11 Å². The predicted molar refractivity (Wildman–Crippen MR) is 111 cm³/mol. The number of hydrogen-bond acceptors (Lipinski definition) is 2. The summed E-state index contributed by atoms with van der Waals surface area (Å²) in [6.45, 7) is -0.283. The number of pyridine rings is 1. The van der Waals surface area contributed by atoms with Gasteiger partial charge in [0.1, 0.15) is 0 Å². The summed E-state index contributed by atoms with van der Waals surface area (Å²) in [6.07, 6.45) is 1.58. The van der Waals surface area contributed by atoms with Gasteiger partial charge in [-0.1, -0.05) is 69.6 Å². The SMILES string of the molecule is OCc1cc(-c2c(Cl)cc(Cl)cc2Cl)cnc1-c1c(Cl)cc(Cl)cc1Cl. The van der Waals surface area contributed by atoms with Crippen LogP contribution in [0.1, 0.15) is 5.56 Å². The van der Waals surface area contributed by atoms with Crippen molar-refractivity contribution in [2.45, 2.75) is 6.61 Å². The van der Waals surface area contributed by atoms with Crippen LogP contribution in [-0.2, 0) is 6.61 Å². The van der Waals surface area contributed by atoms with E-state index in [-0.39, 0.29) is 6.61 Å². The minimum absolute atomic E-state index is 0.283. The van der Waals surface area contributed by atoms with Crippen molar-refractivity contribution in [1.82, 2.24) is 4.98 Å². The zero-order valence-corrected chi connectivity index (χ0v) is 17.4. The molecule has 2 nitrogen and oxygen atoms in total. The number of aromatic nitrogens is 1. The van der Waals surface area contributed by atoms with Gasteiger partial charge in [0.25, 0.3) is 0 Å². The third kappa shape index (κ3) is 3.93. The van der Waals surface area contributed by atoms with E-state index < -0.39 is 0 Å². The maximum absolute atomic E-state index is 9.83. The molecule has 1 aromatic heterocycles. The van der Waals surface area contributed by atoms with Crippen LogP contribution < -0.4 is 0 Å². The molecule has 1 N–H and O–H groups in total. The fraction of sp³-hybridized carbons (Fsp3) is 0.0556. The Morgan fingerprint density at radius 2 is 1.15 bits per heavy atom. The molecule has 0 fully saturated rings. The van der Waals surface area contributed by atoms with Gasteiger partial charge in [-0.25, -0.2) is 0 Å². The van der Waals surface area contributed by atoms with E-state index in [0.717, 1.165) is 0 Å². The van der Waals surface area contributed by atoms with Crippen LogP contribution in [0.3, 0.4) is 0 Å². The van der Waals surface area contributed by atoms with Crippen molar-refractivity contribution in [3.63, 3.8) is 0 Å². The van der Waals surface area contributed by atoms with Crippen molar-refractivity contribution in [2.75, 3.05) is 0 Å². The van der Waals surface area contributed by atoms with Crippen LogP contribution >= 0.6 is 69.6 Å². The molecule has 1 heterocycles. The highest BCUT2D eigenvalue weighted by Crippen LogP contribution is 2.41. The highest BCUT2D eigenvalue weighted by Gasteiger charge is 2.18. The fourth-order valence-electron chi connectivity index (χ4n) is 2.58. The first-order valence-electron chi connectivity index (χ1n) is 7.21. The van der Waals surface area contributed by atoms with Crippen LogP contribution in [0.4, 0.5) is 0 Å². The van der Waals surface area contributed by atoms with Gasteiger partial charge in [0, 0.05) is 38.5 Å². The minimum Gasteiger partial charge on any atom is -0.392 e. The second-order valence-corrected chi connectivity index (χ2v) is 7.88. The Labute approximate surface area is 180 Å². The Balaban J connectivity index is 2.20. The van der Waals surface area contributed by atoms with Gasteiger partial charge in [0.2, 0.25) is 0 Å². The minimum atomic E-state index is -0.283.